The van der Waals surface area contributed by atoms with Gasteiger partial charge in [0.15, 0.2) is 0 Å². The quantitative estimate of drug-likeness (QED) is 0.665. The largest absolute Gasteiger partial charge is 0.346 e. The first-order chi connectivity index (χ1) is 14.2. The van der Waals surface area contributed by atoms with Crippen LogP contribution in [0, 0.1) is 6.92 Å². The minimum absolute atomic E-state index is 0.180. The molecule has 3 aromatic rings. The lowest BCUT2D eigenvalue weighted by Gasteiger charge is -2.34. The minimum Gasteiger partial charge on any atom is -0.346 e. The third-order valence-corrected chi connectivity index (χ3v) is 5.71. The highest BCUT2D eigenvalue weighted by Crippen LogP contribution is 2.15. The third kappa shape index (κ3) is 5.12. The molecule has 1 aliphatic heterocycles. The summed E-state index contributed by atoms with van der Waals surface area (Å²) in [5.74, 6) is 0.593. The van der Waals surface area contributed by atoms with Crippen LogP contribution in [0.15, 0.2) is 42.7 Å². The fraction of sp³-hybridized carbons (Fsp3) is 0.350. The van der Waals surface area contributed by atoms with Crippen molar-refractivity contribution in [3.63, 3.8) is 0 Å². The highest BCUT2D eigenvalue weighted by molar-refractivity contribution is 7.13. The van der Waals surface area contributed by atoms with Crippen molar-refractivity contribution in [1.29, 1.82) is 0 Å². The van der Waals surface area contributed by atoms with E-state index in [1.807, 2.05) is 37.3 Å². The molecule has 8 nitrogen and oxygen atoms in total. The van der Waals surface area contributed by atoms with E-state index < -0.39 is 0 Å². The fourth-order valence-corrected chi connectivity index (χ4v) is 3.92. The number of benzene rings is 1. The second kappa shape index (κ2) is 9.06. The molecule has 3 heterocycles. The molecular weight excluding hydrogens is 386 g/mol. The maximum absolute atomic E-state index is 12.4. The molecule has 1 N–H and O–H groups in total. The molecule has 4 rings (SSSR count). The predicted molar refractivity (Wildman–Crippen MR) is 112 cm³/mol. The van der Waals surface area contributed by atoms with Gasteiger partial charge in [0.2, 0.25) is 11.0 Å². The lowest BCUT2D eigenvalue weighted by molar-refractivity contribution is 0.0950. The molecule has 0 radical (unpaired) electrons. The van der Waals surface area contributed by atoms with Crippen LogP contribution in [0.2, 0.25) is 0 Å². The summed E-state index contributed by atoms with van der Waals surface area (Å²) in [6.07, 6.45) is 3.53. The van der Waals surface area contributed by atoms with Gasteiger partial charge in [0, 0.05) is 45.1 Å². The summed E-state index contributed by atoms with van der Waals surface area (Å²) < 4.78 is 0. The molecule has 1 amide bonds. The van der Waals surface area contributed by atoms with Gasteiger partial charge in [0.05, 0.1) is 6.54 Å². The number of anilines is 1. The summed E-state index contributed by atoms with van der Waals surface area (Å²) in [4.78, 5) is 25.5. The first kappa shape index (κ1) is 19.4. The number of nitrogens with one attached hydrogen (secondary N) is 1. The molecule has 150 valence electrons. The first-order valence-electron chi connectivity index (χ1n) is 9.58. The van der Waals surface area contributed by atoms with E-state index in [4.69, 9.17) is 0 Å². The van der Waals surface area contributed by atoms with Gasteiger partial charge in [-0.3, -0.25) is 9.69 Å². The van der Waals surface area contributed by atoms with Gasteiger partial charge in [-0.1, -0.05) is 41.2 Å². The summed E-state index contributed by atoms with van der Waals surface area (Å²) in [5, 5.41) is 12.4. The van der Waals surface area contributed by atoms with Gasteiger partial charge in [0.1, 0.15) is 5.01 Å². The first-order valence-corrected chi connectivity index (χ1v) is 10.4. The minimum atomic E-state index is -0.180. The van der Waals surface area contributed by atoms with Crippen LogP contribution in [0.4, 0.5) is 5.95 Å². The molecule has 0 aliphatic carbocycles. The number of aryl methyl sites for hydroxylation is 1. The van der Waals surface area contributed by atoms with Gasteiger partial charge in [-0.05, 0) is 18.6 Å². The van der Waals surface area contributed by atoms with Crippen molar-refractivity contribution in [2.24, 2.45) is 0 Å². The van der Waals surface area contributed by atoms with Crippen LogP contribution >= 0.6 is 11.3 Å². The van der Waals surface area contributed by atoms with E-state index in [2.05, 4.69) is 35.3 Å². The summed E-state index contributed by atoms with van der Waals surface area (Å²) in [7, 11) is 0. The van der Waals surface area contributed by atoms with Gasteiger partial charge >= 0.3 is 0 Å². The second-order valence-electron chi connectivity index (χ2n) is 6.98. The van der Waals surface area contributed by atoms with Gasteiger partial charge in [0.25, 0.3) is 5.91 Å². The maximum atomic E-state index is 12.4. The number of nitrogens with zero attached hydrogens (tertiary/aromatic N) is 6. The van der Waals surface area contributed by atoms with Gasteiger partial charge in [-0.15, -0.1) is 10.2 Å². The van der Waals surface area contributed by atoms with E-state index in [-0.39, 0.29) is 5.91 Å². The Kier molecular flexibility index (Phi) is 6.06. The van der Waals surface area contributed by atoms with Crippen LogP contribution in [0.3, 0.4) is 0 Å². The highest BCUT2D eigenvalue weighted by atomic mass is 32.1. The van der Waals surface area contributed by atoms with E-state index in [0.717, 1.165) is 42.7 Å². The number of aromatic nitrogens is 4. The summed E-state index contributed by atoms with van der Waals surface area (Å²) in [6, 6.07) is 9.93. The number of hydrogen-bond donors (Lipinski definition) is 1. The normalized spacial score (nSPS) is 14.7. The molecule has 0 saturated carbocycles. The zero-order valence-electron chi connectivity index (χ0n) is 16.3. The molecule has 0 spiro atoms. The van der Waals surface area contributed by atoms with Crippen molar-refractivity contribution < 1.29 is 4.79 Å². The van der Waals surface area contributed by atoms with Gasteiger partial charge < -0.3 is 10.2 Å². The van der Waals surface area contributed by atoms with Crippen LogP contribution in [0.1, 0.15) is 25.9 Å². The molecule has 0 bridgehead atoms. The lowest BCUT2D eigenvalue weighted by atomic mass is 10.1. The predicted octanol–water partition coefficient (Wildman–Crippen LogP) is 1.89. The molecule has 9 heteroatoms. The van der Waals surface area contributed by atoms with Crippen molar-refractivity contribution in [3.8, 4) is 0 Å². The van der Waals surface area contributed by atoms with Crippen molar-refractivity contribution in [2.75, 3.05) is 31.1 Å². The Morgan fingerprint density at radius 2 is 1.79 bits per heavy atom. The molecule has 0 atom stereocenters. The zero-order valence-corrected chi connectivity index (χ0v) is 17.1. The maximum Gasteiger partial charge on any atom is 0.282 e. The van der Waals surface area contributed by atoms with E-state index in [1.54, 1.807) is 12.4 Å². The second-order valence-corrected chi connectivity index (χ2v) is 8.04. The number of hydrogen-bond acceptors (Lipinski definition) is 8. The molecule has 29 heavy (non-hydrogen) atoms. The smallest absolute Gasteiger partial charge is 0.282 e. The van der Waals surface area contributed by atoms with Crippen LogP contribution in [-0.4, -0.2) is 57.2 Å². The number of rotatable bonds is 6. The molecule has 0 unspecified atom stereocenters. The van der Waals surface area contributed by atoms with Crippen LogP contribution < -0.4 is 10.2 Å². The van der Waals surface area contributed by atoms with Crippen molar-refractivity contribution in [1.82, 2.24) is 30.4 Å². The number of carbonyl (C=O) groups excluding carboxylic acids is 1. The molecular formula is C20H23N7OS. The molecule has 1 saturated heterocycles. The summed E-state index contributed by atoms with van der Waals surface area (Å²) >= 11 is 1.36. The Hall–Kier alpha value is -2.91. The Morgan fingerprint density at radius 3 is 2.52 bits per heavy atom. The molecule has 1 fully saturated rings. The third-order valence-electron chi connectivity index (χ3n) is 4.80. The van der Waals surface area contributed by atoms with Gasteiger partial charge in [-0.2, -0.15) is 0 Å². The molecule has 2 aromatic heterocycles. The Labute approximate surface area is 173 Å². The zero-order chi connectivity index (χ0) is 20.1. The lowest BCUT2D eigenvalue weighted by Crippen LogP contribution is -2.46. The van der Waals surface area contributed by atoms with E-state index in [0.29, 0.717) is 18.1 Å². The summed E-state index contributed by atoms with van der Waals surface area (Å²) in [5.41, 5.74) is 2.26. The van der Waals surface area contributed by atoms with Crippen molar-refractivity contribution in [3.05, 3.63) is 63.9 Å². The van der Waals surface area contributed by atoms with E-state index >= 15 is 0 Å². The fourth-order valence-electron chi connectivity index (χ4n) is 3.12. The average molecular weight is 410 g/mol. The van der Waals surface area contributed by atoms with Crippen LogP contribution in [-0.2, 0) is 13.1 Å². The number of piperazine rings is 1. The van der Waals surface area contributed by atoms with E-state index in [9.17, 15) is 4.79 Å². The van der Waals surface area contributed by atoms with E-state index in [1.165, 1.54) is 16.9 Å². The average Bonchev–Trinajstić information content (AvgIpc) is 3.23. The highest BCUT2D eigenvalue weighted by Gasteiger charge is 2.21. The van der Waals surface area contributed by atoms with Crippen molar-refractivity contribution in [2.45, 2.75) is 20.0 Å². The number of carbonyl (C=O) groups is 1. The standard InChI is InChI=1S/C20H23N7OS/c1-15-3-5-16(6-4-15)13-23-18(28)19-25-24-17(29-19)14-26-9-11-27(12-10-26)20-21-7-2-8-22-20/h2-8H,9-14H2,1H3,(H,23,28). The number of amides is 1. The Balaban J connectivity index is 1.26. The topological polar surface area (TPSA) is 87.1 Å². The SMILES string of the molecule is Cc1ccc(CNC(=O)c2nnc(CN3CCN(c4ncccn4)CC3)s2)cc1. The van der Waals surface area contributed by atoms with Crippen LogP contribution in [0.5, 0.6) is 0 Å². The van der Waals surface area contributed by atoms with Crippen LogP contribution in [0.25, 0.3) is 0 Å². The van der Waals surface area contributed by atoms with Gasteiger partial charge in [-0.25, -0.2) is 9.97 Å². The molecule has 1 aromatic carbocycles. The van der Waals surface area contributed by atoms with Crippen molar-refractivity contribution >= 4 is 23.2 Å². The molecule has 1 aliphatic rings. The Bertz CT molecular complexity index is 937. The Morgan fingerprint density at radius 1 is 1.07 bits per heavy atom. The summed E-state index contributed by atoms with van der Waals surface area (Å²) in [6.45, 7) is 6.75. The monoisotopic (exact) mass is 409 g/mol.